The van der Waals surface area contributed by atoms with Gasteiger partial charge in [0.25, 0.3) is 5.91 Å². The number of likely N-dealkylation sites (tertiary alicyclic amines) is 1. The number of amides is 1. The number of H-pyrrole nitrogens is 1. The van der Waals surface area contributed by atoms with E-state index >= 15 is 0 Å². The molecule has 92 valence electrons. The van der Waals surface area contributed by atoms with Crippen molar-refractivity contribution in [3.05, 3.63) is 18.0 Å². The normalized spacial score (nSPS) is 26.2. The third kappa shape index (κ3) is 1.85. The molecule has 0 aliphatic carbocycles. The molecule has 0 saturated carbocycles. The van der Waals surface area contributed by atoms with Crippen molar-refractivity contribution in [3.8, 4) is 0 Å². The van der Waals surface area contributed by atoms with Gasteiger partial charge in [-0.2, -0.15) is 5.10 Å². The second-order valence-corrected chi connectivity index (χ2v) is 6.18. The Morgan fingerprint density at radius 2 is 2.53 bits per heavy atom. The molecule has 2 fully saturated rings. The van der Waals surface area contributed by atoms with Gasteiger partial charge >= 0.3 is 0 Å². The third-order valence-electron chi connectivity index (χ3n) is 3.48. The Balaban J connectivity index is 1.60. The number of methoxy groups -OCH3 is 1. The lowest BCUT2D eigenvalue weighted by molar-refractivity contribution is 0.0447. The minimum absolute atomic E-state index is 0.0505. The Bertz CT molecular complexity index is 414. The minimum Gasteiger partial charge on any atom is -0.381 e. The molecule has 1 aromatic rings. The quantitative estimate of drug-likeness (QED) is 0.845. The Kier molecular flexibility index (Phi) is 2.63. The maximum atomic E-state index is 12.0. The summed E-state index contributed by atoms with van der Waals surface area (Å²) in [5.74, 6) is 1.09. The zero-order chi connectivity index (χ0) is 11.9. The van der Waals surface area contributed by atoms with E-state index < -0.39 is 0 Å². The number of nitrogens with zero attached hydrogens (tertiary/aromatic N) is 2. The van der Waals surface area contributed by atoms with Crippen molar-refractivity contribution in [3.63, 3.8) is 0 Å². The maximum absolute atomic E-state index is 12.0. The number of rotatable bonds is 2. The molecule has 1 atom stereocenters. The number of aromatic nitrogens is 2. The summed E-state index contributed by atoms with van der Waals surface area (Å²) in [6, 6.07) is 1.72. The first-order valence-corrected chi connectivity index (χ1v) is 6.66. The highest BCUT2D eigenvalue weighted by Crippen LogP contribution is 2.46. The van der Waals surface area contributed by atoms with Crippen LogP contribution < -0.4 is 0 Å². The van der Waals surface area contributed by atoms with Crippen LogP contribution in [0.3, 0.4) is 0 Å². The first-order valence-electron chi connectivity index (χ1n) is 5.68. The van der Waals surface area contributed by atoms with Crippen LogP contribution in [-0.2, 0) is 4.74 Å². The number of hydrogen-bond acceptors (Lipinski definition) is 4. The number of ether oxygens (including phenoxy) is 1. The van der Waals surface area contributed by atoms with E-state index in [2.05, 4.69) is 10.2 Å². The zero-order valence-electron chi connectivity index (χ0n) is 9.68. The van der Waals surface area contributed by atoms with Gasteiger partial charge in [0, 0.05) is 32.1 Å². The topological polar surface area (TPSA) is 58.2 Å². The predicted octanol–water partition coefficient (Wildman–Crippen LogP) is 0.756. The van der Waals surface area contributed by atoms with Crippen molar-refractivity contribution in [1.29, 1.82) is 0 Å². The molecule has 0 radical (unpaired) electrons. The highest BCUT2D eigenvalue weighted by Gasteiger charge is 2.50. The Hall–Kier alpha value is -1.01. The average Bonchev–Trinajstić information content (AvgIpc) is 2.95. The average molecular weight is 253 g/mol. The summed E-state index contributed by atoms with van der Waals surface area (Å²) < 4.78 is 5.62. The van der Waals surface area contributed by atoms with Crippen molar-refractivity contribution < 1.29 is 9.53 Å². The molecular weight excluding hydrogens is 238 g/mol. The van der Waals surface area contributed by atoms with Gasteiger partial charge in [-0.1, -0.05) is 0 Å². The molecule has 0 unspecified atom stereocenters. The molecule has 5 nitrogen and oxygen atoms in total. The van der Waals surface area contributed by atoms with Crippen molar-refractivity contribution in [2.24, 2.45) is 0 Å². The van der Waals surface area contributed by atoms with Gasteiger partial charge in [0.2, 0.25) is 0 Å². The van der Waals surface area contributed by atoms with Crippen LogP contribution in [0.15, 0.2) is 12.3 Å². The lowest BCUT2D eigenvalue weighted by Gasteiger charge is -2.47. The van der Waals surface area contributed by atoms with Gasteiger partial charge in [0.05, 0.1) is 10.9 Å². The SMILES string of the molecule is CO[C@H]1CSC2(C1)CN(C(=O)c1ccn[nH]1)C2. The van der Waals surface area contributed by atoms with E-state index in [0.29, 0.717) is 11.8 Å². The molecule has 1 N–H and O–H groups in total. The van der Waals surface area contributed by atoms with Crippen molar-refractivity contribution in [2.45, 2.75) is 17.3 Å². The molecule has 1 amide bonds. The van der Waals surface area contributed by atoms with Gasteiger partial charge in [-0.15, -0.1) is 11.8 Å². The number of nitrogens with one attached hydrogen (secondary N) is 1. The summed E-state index contributed by atoms with van der Waals surface area (Å²) in [4.78, 5) is 13.9. The number of carbonyl (C=O) groups is 1. The monoisotopic (exact) mass is 253 g/mol. The molecule has 1 aromatic heterocycles. The standard InChI is InChI=1S/C11H15N3O2S/c1-16-8-4-11(17-5-8)6-14(7-11)10(15)9-2-3-12-13-9/h2-3,8H,4-7H2,1H3,(H,12,13)/t8-/m1/s1. The fraction of sp³-hybridized carbons (Fsp3) is 0.636. The molecule has 3 heterocycles. The molecule has 0 aromatic carbocycles. The number of carbonyl (C=O) groups excluding carboxylic acids is 1. The fourth-order valence-electron chi connectivity index (χ4n) is 2.51. The van der Waals surface area contributed by atoms with Crippen LogP contribution >= 0.6 is 11.8 Å². The molecular formula is C11H15N3O2S. The Morgan fingerprint density at radius 1 is 1.71 bits per heavy atom. The third-order valence-corrected chi connectivity index (χ3v) is 5.06. The highest BCUT2D eigenvalue weighted by atomic mass is 32.2. The van der Waals surface area contributed by atoms with Gasteiger partial charge in [-0.3, -0.25) is 9.89 Å². The van der Waals surface area contributed by atoms with Crippen LogP contribution in [0.2, 0.25) is 0 Å². The number of thioether (sulfide) groups is 1. The molecule has 3 rings (SSSR count). The first kappa shape index (κ1) is 11.1. The molecule has 1 spiro atoms. The van der Waals surface area contributed by atoms with Crippen molar-refractivity contribution >= 4 is 17.7 Å². The van der Waals surface area contributed by atoms with Gasteiger partial charge in [-0.05, 0) is 12.5 Å². The van der Waals surface area contributed by atoms with E-state index in [0.717, 1.165) is 25.3 Å². The molecule has 17 heavy (non-hydrogen) atoms. The largest absolute Gasteiger partial charge is 0.381 e. The summed E-state index contributed by atoms with van der Waals surface area (Å²) in [7, 11) is 1.76. The lowest BCUT2D eigenvalue weighted by atomic mass is 9.92. The summed E-state index contributed by atoms with van der Waals surface area (Å²) in [6.07, 6.45) is 3.01. The highest BCUT2D eigenvalue weighted by molar-refractivity contribution is 8.01. The van der Waals surface area contributed by atoms with Gasteiger partial charge in [-0.25, -0.2) is 0 Å². The zero-order valence-corrected chi connectivity index (χ0v) is 10.5. The van der Waals surface area contributed by atoms with Crippen LogP contribution in [0.25, 0.3) is 0 Å². The minimum atomic E-state index is 0.0505. The summed E-state index contributed by atoms with van der Waals surface area (Å²) in [5.41, 5.74) is 0.575. The second kappa shape index (κ2) is 4.03. The number of aromatic amines is 1. The Morgan fingerprint density at radius 3 is 3.12 bits per heavy atom. The fourth-order valence-corrected chi connectivity index (χ4v) is 4.10. The molecule has 2 aliphatic rings. The van der Waals surface area contributed by atoms with Crippen molar-refractivity contribution in [1.82, 2.24) is 15.1 Å². The maximum Gasteiger partial charge on any atom is 0.271 e. The van der Waals surface area contributed by atoms with Gasteiger partial charge in [0.15, 0.2) is 0 Å². The predicted molar refractivity (Wildman–Crippen MR) is 65.1 cm³/mol. The molecule has 0 bridgehead atoms. The van der Waals surface area contributed by atoms with E-state index in [1.54, 1.807) is 19.4 Å². The molecule has 2 aliphatic heterocycles. The van der Waals surface area contributed by atoms with Gasteiger partial charge in [0.1, 0.15) is 5.69 Å². The summed E-state index contributed by atoms with van der Waals surface area (Å²) in [6.45, 7) is 1.66. The summed E-state index contributed by atoms with van der Waals surface area (Å²) in [5, 5.41) is 6.51. The van der Waals surface area contributed by atoms with E-state index in [1.165, 1.54) is 0 Å². The van der Waals surface area contributed by atoms with Gasteiger partial charge < -0.3 is 9.64 Å². The molecule has 2 saturated heterocycles. The van der Waals surface area contributed by atoms with E-state index in [9.17, 15) is 4.79 Å². The van der Waals surface area contributed by atoms with Crippen LogP contribution in [0.5, 0.6) is 0 Å². The lowest BCUT2D eigenvalue weighted by Crippen LogP contribution is -2.60. The van der Waals surface area contributed by atoms with Crippen LogP contribution in [-0.4, -0.2) is 57.8 Å². The summed E-state index contributed by atoms with van der Waals surface area (Å²) >= 11 is 1.94. The first-order chi connectivity index (χ1) is 8.22. The van der Waals surface area contributed by atoms with Crippen LogP contribution in [0.1, 0.15) is 16.9 Å². The van der Waals surface area contributed by atoms with Crippen LogP contribution in [0, 0.1) is 0 Å². The van der Waals surface area contributed by atoms with E-state index in [1.807, 2.05) is 16.7 Å². The second-order valence-electron chi connectivity index (χ2n) is 4.69. The van der Waals surface area contributed by atoms with Crippen molar-refractivity contribution in [2.75, 3.05) is 26.0 Å². The van der Waals surface area contributed by atoms with E-state index in [4.69, 9.17) is 4.74 Å². The number of hydrogen-bond donors (Lipinski definition) is 1. The smallest absolute Gasteiger partial charge is 0.271 e. The molecule has 6 heteroatoms. The Labute approximate surface area is 104 Å². The van der Waals surface area contributed by atoms with Crippen LogP contribution in [0.4, 0.5) is 0 Å². The van der Waals surface area contributed by atoms with E-state index in [-0.39, 0.29) is 10.7 Å².